The van der Waals surface area contributed by atoms with Crippen LogP contribution in [-0.4, -0.2) is 6.04 Å². The molecule has 0 bridgehead atoms. The Morgan fingerprint density at radius 1 is 1.00 bits per heavy atom. The van der Waals surface area contributed by atoms with Gasteiger partial charge in [-0.1, -0.05) is 19.3 Å². The van der Waals surface area contributed by atoms with E-state index < -0.39 is 0 Å². The molecule has 1 saturated carbocycles. The molecule has 1 rings (SSSR count). The van der Waals surface area contributed by atoms with Gasteiger partial charge in [-0.25, -0.2) is 0 Å². The van der Waals surface area contributed by atoms with E-state index in [0.29, 0.717) is 6.04 Å². The van der Waals surface area contributed by atoms with Gasteiger partial charge in [0, 0.05) is 6.04 Å². The van der Waals surface area contributed by atoms with Gasteiger partial charge in [0.25, 0.3) is 0 Å². The minimum atomic E-state index is 0. The highest BCUT2D eigenvalue weighted by atomic mass is 35.5. The summed E-state index contributed by atoms with van der Waals surface area (Å²) in [5.74, 6) is 0. The Hall–Kier alpha value is 0.210. The van der Waals surface area contributed by atoms with Crippen LogP contribution in [-0.2, 0) is 0 Å². The van der Waals surface area contributed by atoms with Gasteiger partial charge < -0.3 is 11.9 Å². The van der Waals surface area contributed by atoms with E-state index in [1.165, 1.54) is 32.1 Å². The molecule has 0 unspecified atom stereocenters. The SMILES string of the molecule is Cl.N.NC1CCCCC1. The summed E-state index contributed by atoms with van der Waals surface area (Å²) in [5.41, 5.74) is 5.63. The highest BCUT2D eigenvalue weighted by Crippen LogP contribution is 2.14. The number of rotatable bonds is 0. The zero-order valence-corrected chi connectivity index (χ0v) is 6.62. The molecule has 58 valence electrons. The maximum Gasteiger partial charge on any atom is 0.00388 e. The second kappa shape index (κ2) is 6.33. The second-order valence-corrected chi connectivity index (χ2v) is 2.40. The molecule has 0 atom stereocenters. The van der Waals surface area contributed by atoms with Crippen molar-refractivity contribution in [1.82, 2.24) is 6.15 Å². The number of hydrogen-bond donors (Lipinski definition) is 2. The molecule has 5 N–H and O–H groups in total. The Morgan fingerprint density at radius 2 is 1.44 bits per heavy atom. The van der Waals surface area contributed by atoms with Gasteiger partial charge in [-0.15, -0.1) is 12.4 Å². The molecule has 0 aromatic rings. The van der Waals surface area contributed by atoms with E-state index in [9.17, 15) is 0 Å². The highest BCUT2D eigenvalue weighted by Gasteiger charge is 2.06. The number of hydrogen-bond acceptors (Lipinski definition) is 2. The van der Waals surface area contributed by atoms with Crippen LogP contribution in [0.5, 0.6) is 0 Å². The van der Waals surface area contributed by atoms with Gasteiger partial charge in [-0.05, 0) is 12.8 Å². The largest absolute Gasteiger partial charge is 0.344 e. The first kappa shape index (κ1) is 11.9. The Labute approximate surface area is 63.2 Å². The topological polar surface area (TPSA) is 61.0 Å². The van der Waals surface area contributed by atoms with E-state index >= 15 is 0 Å². The molecule has 0 spiro atoms. The lowest BCUT2D eigenvalue weighted by Gasteiger charge is -2.15. The maximum absolute atomic E-state index is 5.63. The molecule has 0 aromatic carbocycles. The Morgan fingerprint density at radius 3 is 1.67 bits per heavy atom. The average molecular weight is 153 g/mol. The van der Waals surface area contributed by atoms with E-state index in [-0.39, 0.29) is 18.6 Å². The number of halogens is 1. The summed E-state index contributed by atoms with van der Waals surface area (Å²) in [6.07, 6.45) is 6.66. The summed E-state index contributed by atoms with van der Waals surface area (Å²) in [7, 11) is 0. The van der Waals surface area contributed by atoms with Crippen molar-refractivity contribution in [3.63, 3.8) is 0 Å². The first-order valence-electron chi connectivity index (χ1n) is 3.15. The summed E-state index contributed by atoms with van der Waals surface area (Å²) < 4.78 is 0. The van der Waals surface area contributed by atoms with Crippen LogP contribution in [0.1, 0.15) is 32.1 Å². The number of nitrogens with two attached hydrogens (primary N) is 1. The van der Waals surface area contributed by atoms with Crippen molar-refractivity contribution < 1.29 is 0 Å². The maximum atomic E-state index is 5.63. The summed E-state index contributed by atoms with van der Waals surface area (Å²) in [6, 6.07) is 0.536. The smallest absolute Gasteiger partial charge is 0.00388 e. The first-order valence-corrected chi connectivity index (χ1v) is 3.15. The van der Waals surface area contributed by atoms with Crippen molar-refractivity contribution in [2.75, 3.05) is 0 Å². The van der Waals surface area contributed by atoms with Crippen molar-refractivity contribution >= 4 is 12.4 Å². The summed E-state index contributed by atoms with van der Waals surface area (Å²) >= 11 is 0. The summed E-state index contributed by atoms with van der Waals surface area (Å²) in [4.78, 5) is 0. The fourth-order valence-corrected chi connectivity index (χ4v) is 1.13. The van der Waals surface area contributed by atoms with Crippen LogP contribution in [0.25, 0.3) is 0 Å². The summed E-state index contributed by atoms with van der Waals surface area (Å²) in [5, 5.41) is 0. The molecule has 1 aliphatic rings. The van der Waals surface area contributed by atoms with E-state index in [1.807, 2.05) is 0 Å². The molecule has 1 fully saturated rings. The van der Waals surface area contributed by atoms with E-state index in [2.05, 4.69) is 0 Å². The second-order valence-electron chi connectivity index (χ2n) is 2.40. The van der Waals surface area contributed by atoms with Crippen LogP contribution in [0.4, 0.5) is 0 Å². The van der Waals surface area contributed by atoms with Crippen molar-refractivity contribution in [2.24, 2.45) is 5.73 Å². The van der Waals surface area contributed by atoms with Crippen LogP contribution in [0.15, 0.2) is 0 Å². The normalized spacial score (nSPS) is 19.7. The van der Waals surface area contributed by atoms with Crippen LogP contribution in [0.3, 0.4) is 0 Å². The van der Waals surface area contributed by atoms with Crippen LogP contribution < -0.4 is 11.9 Å². The molecule has 0 aliphatic heterocycles. The third-order valence-corrected chi connectivity index (χ3v) is 1.65. The third kappa shape index (κ3) is 4.70. The fraction of sp³-hybridized carbons (Fsp3) is 1.00. The quantitative estimate of drug-likeness (QED) is 0.557. The van der Waals surface area contributed by atoms with Gasteiger partial charge in [0.05, 0.1) is 0 Å². The van der Waals surface area contributed by atoms with Gasteiger partial charge >= 0.3 is 0 Å². The van der Waals surface area contributed by atoms with Gasteiger partial charge in [-0.3, -0.25) is 0 Å². The van der Waals surface area contributed by atoms with Crippen molar-refractivity contribution in [3.05, 3.63) is 0 Å². The molecule has 3 heteroatoms. The van der Waals surface area contributed by atoms with Gasteiger partial charge in [0.2, 0.25) is 0 Å². The monoisotopic (exact) mass is 152 g/mol. The van der Waals surface area contributed by atoms with Crippen molar-refractivity contribution in [3.8, 4) is 0 Å². The molecular weight excluding hydrogens is 136 g/mol. The first-order chi connectivity index (χ1) is 3.39. The predicted octanol–water partition coefficient (Wildman–Crippen LogP) is 1.86. The standard InChI is InChI=1S/C6H13N.ClH.H3N/c7-6-4-2-1-3-5-6;;/h6H,1-5,7H2;1H;1H3. The van der Waals surface area contributed by atoms with E-state index in [0.717, 1.165) is 0 Å². The predicted molar refractivity (Wildman–Crippen MR) is 43.3 cm³/mol. The molecule has 0 aromatic heterocycles. The lowest BCUT2D eigenvalue weighted by molar-refractivity contribution is 0.441. The molecule has 1 aliphatic carbocycles. The Kier molecular flexibility index (Phi) is 8.40. The zero-order chi connectivity index (χ0) is 5.11. The molecular formula is C6H17ClN2. The third-order valence-electron chi connectivity index (χ3n) is 1.65. The minimum absolute atomic E-state index is 0. The molecule has 2 nitrogen and oxygen atoms in total. The average Bonchev–Trinajstić information content (AvgIpc) is 1.69. The Bertz CT molecular complexity index is 53.0. The highest BCUT2D eigenvalue weighted by molar-refractivity contribution is 5.85. The van der Waals surface area contributed by atoms with Crippen molar-refractivity contribution in [1.29, 1.82) is 0 Å². The molecule has 0 heterocycles. The van der Waals surface area contributed by atoms with Crippen LogP contribution in [0, 0.1) is 0 Å². The minimum Gasteiger partial charge on any atom is -0.344 e. The lowest BCUT2D eigenvalue weighted by Crippen LogP contribution is -2.22. The Balaban J connectivity index is 0. The molecule has 0 amide bonds. The fourth-order valence-electron chi connectivity index (χ4n) is 1.13. The molecule has 9 heavy (non-hydrogen) atoms. The van der Waals surface area contributed by atoms with Crippen molar-refractivity contribution in [2.45, 2.75) is 38.1 Å². The zero-order valence-electron chi connectivity index (χ0n) is 5.81. The van der Waals surface area contributed by atoms with E-state index in [4.69, 9.17) is 5.73 Å². The lowest BCUT2D eigenvalue weighted by atomic mass is 9.97. The molecule has 0 saturated heterocycles. The van der Waals surface area contributed by atoms with Gasteiger partial charge in [-0.2, -0.15) is 0 Å². The summed E-state index contributed by atoms with van der Waals surface area (Å²) in [6.45, 7) is 0. The van der Waals surface area contributed by atoms with Crippen LogP contribution in [0.2, 0.25) is 0 Å². The molecule has 0 radical (unpaired) electrons. The van der Waals surface area contributed by atoms with Gasteiger partial charge in [0.1, 0.15) is 0 Å². The van der Waals surface area contributed by atoms with Crippen LogP contribution >= 0.6 is 12.4 Å². The van der Waals surface area contributed by atoms with Gasteiger partial charge in [0.15, 0.2) is 0 Å². The van der Waals surface area contributed by atoms with E-state index in [1.54, 1.807) is 0 Å².